The highest BCUT2D eigenvalue weighted by molar-refractivity contribution is 6.43. The third-order valence-electron chi connectivity index (χ3n) is 5.53. The van der Waals surface area contributed by atoms with E-state index < -0.39 is 23.7 Å². The maximum absolute atomic E-state index is 12.8. The fourth-order valence-corrected chi connectivity index (χ4v) is 3.76. The summed E-state index contributed by atoms with van der Waals surface area (Å²) >= 11 is 0. The number of aryl methyl sites for hydroxylation is 1. The first-order valence-electron chi connectivity index (χ1n) is 10.8. The van der Waals surface area contributed by atoms with Gasteiger partial charge in [0, 0.05) is 12.1 Å². The first-order valence-corrected chi connectivity index (χ1v) is 10.8. The minimum absolute atomic E-state index is 0.306. The molecule has 3 rings (SSSR count). The average molecular weight is 424 g/mol. The normalized spacial score (nSPS) is 15.9. The standard InChI is InChI=1S/C25H29NO5/c1-30-21-15-13-19(14-16-21)9-6-8-18-31-25(29)22-12-5-7-17-26(22)24(28)23(27)20-10-3-2-4-11-20/h2-4,10-11,13-16,22H,5-9,12,17-18H2,1H3. The zero-order valence-corrected chi connectivity index (χ0v) is 17.9. The van der Waals surface area contributed by atoms with E-state index in [0.717, 1.165) is 37.9 Å². The van der Waals surface area contributed by atoms with Crippen molar-refractivity contribution in [2.24, 2.45) is 0 Å². The summed E-state index contributed by atoms with van der Waals surface area (Å²) in [6.07, 6.45) is 4.65. The largest absolute Gasteiger partial charge is 0.497 e. The van der Waals surface area contributed by atoms with E-state index in [1.54, 1.807) is 37.4 Å². The van der Waals surface area contributed by atoms with E-state index >= 15 is 0 Å². The molecule has 164 valence electrons. The van der Waals surface area contributed by atoms with Gasteiger partial charge in [0.1, 0.15) is 11.8 Å². The Morgan fingerprint density at radius 3 is 2.42 bits per heavy atom. The van der Waals surface area contributed by atoms with Gasteiger partial charge in [0.15, 0.2) is 0 Å². The minimum Gasteiger partial charge on any atom is -0.497 e. The minimum atomic E-state index is -0.685. The van der Waals surface area contributed by atoms with Gasteiger partial charge < -0.3 is 14.4 Å². The summed E-state index contributed by atoms with van der Waals surface area (Å²) in [5.41, 5.74) is 1.54. The number of piperidine rings is 1. The van der Waals surface area contributed by atoms with Crippen molar-refractivity contribution in [2.45, 2.75) is 44.6 Å². The fraction of sp³-hybridized carbons (Fsp3) is 0.400. The number of hydrogen-bond acceptors (Lipinski definition) is 5. The van der Waals surface area contributed by atoms with Crippen LogP contribution in [0, 0.1) is 0 Å². The van der Waals surface area contributed by atoms with E-state index in [1.165, 1.54) is 10.5 Å². The van der Waals surface area contributed by atoms with Crippen LogP contribution in [0.5, 0.6) is 5.75 Å². The number of nitrogens with zero attached hydrogens (tertiary/aromatic N) is 1. The Kier molecular flexibility index (Phi) is 8.21. The Morgan fingerprint density at radius 2 is 1.71 bits per heavy atom. The number of benzene rings is 2. The van der Waals surface area contributed by atoms with Gasteiger partial charge in [0.25, 0.3) is 5.91 Å². The quantitative estimate of drug-likeness (QED) is 0.265. The molecular formula is C25H29NO5. The number of hydrogen-bond donors (Lipinski definition) is 0. The number of unbranched alkanes of at least 4 members (excludes halogenated alkanes) is 1. The Labute approximate surface area is 183 Å². The highest BCUT2D eigenvalue weighted by Crippen LogP contribution is 2.20. The summed E-state index contributed by atoms with van der Waals surface area (Å²) in [4.78, 5) is 39.3. The summed E-state index contributed by atoms with van der Waals surface area (Å²) in [6.45, 7) is 0.703. The van der Waals surface area contributed by atoms with Crippen LogP contribution in [-0.4, -0.2) is 48.9 Å². The zero-order chi connectivity index (χ0) is 22.1. The predicted octanol–water partition coefficient (Wildman–Crippen LogP) is 3.83. The number of carbonyl (C=O) groups excluding carboxylic acids is 3. The number of carbonyl (C=O) groups is 3. The zero-order valence-electron chi connectivity index (χ0n) is 17.9. The van der Waals surface area contributed by atoms with Gasteiger partial charge in [-0.05, 0) is 56.2 Å². The third-order valence-corrected chi connectivity index (χ3v) is 5.53. The van der Waals surface area contributed by atoms with E-state index in [2.05, 4.69) is 0 Å². The molecular weight excluding hydrogens is 394 g/mol. The van der Waals surface area contributed by atoms with Crippen molar-refractivity contribution in [3.63, 3.8) is 0 Å². The first-order chi connectivity index (χ1) is 15.1. The van der Waals surface area contributed by atoms with Crippen LogP contribution in [0.25, 0.3) is 0 Å². The molecule has 1 amide bonds. The summed E-state index contributed by atoms with van der Waals surface area (Å²) in [6, 6.07) is 15.7. The molecule has 6 heteroatoms. The van der Waals surface area contributed by atoms with Crippen LogP contribution < -0.4 is 4.74 Å². The smallest absolute Gasteiger partial charge is 0.328 e. The van der Waals surface area contributed by atoms with Crippen molar-refractivity contribution in [3.8, 4) is 5.75 Å². The van der Waals surface area contributed by atoms with Gasteiger partial charge in [-0.2, -0.15) is 0 Å². The van der Waals surface area contributed by atoms with Crippen LogP contribution in [0.2, 0.25) is 0 Å². The molecule has 1 saturated heterocycles. The number of methoxy groups -OCH3 is 1. The SMILES string of the molecule is COc1ccc(CCCCOC(=O)C2CCCCN2C(=O)C(=O)c2ccccc2)cc1. The molecule has 0 saturated carbocycles. The monoisotopic (exact) mass is 423 g/mol. The molecule has 0 aromatic heterocycles. The lowest BCUT2D eigenvalue weighted by atomic mass is 10.0. The van der Waals surface area contributed by atoms with Crippen molar-refractivity contribution >= 4 is 17.7 Å². The van der Waals surface area contributed by atoms with Crippen molar-refractivity contribution in [2.75, 3.05) is 20.3 Å². The molecule has 1 aliphatic heterocycles. The highest BCUT2D eigenvalue weighted by Gasteiger charge is 2.36. The second-order valence-electron chi connectivity index (χ2n) is 7.68. The second kappa shape index (κ2) is 11.3. The molecule has 1 heterocycles. The van der Waals surface area contributed by atoms with E-state index in [0.29, 0.717) is 25.1 Å². The summed E-state index contributed by atoms with van der Waals surface area (Å²) in [7, 11) is 1.64. The molecule has 0 spiro atoms. The van der Waals surface area contributed by atoms with Crippen molar-refractivity contribution in [1.82, 2.24) is 4.90 Å². The van der Waals surface area contributed by atoms with Crippen molar-refractivity contribution in [3.05, 3.63) is 65.7 Å². The fourth-order valence-electron chi connectivity index (χ4n) is 3.76. The molecule has 31 heavy (non-hydrogen) atoms. The van der Waals surface area contributed by atoms with E-state index in [9.17, 15) is 14.4 Å². The highest BCUT2D eigenvalue weighted by atomic mass is 16.5. The van der Waals surface area contributed by atoms with Gasteiger partial charge in [-0.1, -0.05) is 42.5 Å². The second-order valence-corrected chi connectivity index (χ2v) is 7.68. The molecule has 2 aromatic rings. The maximum atomic E-state index is 12.8. The number of Topliss-reactive ketones (excluding diaryl/α,β-unsaturated/α-hetero) is 1. The van der Waals surface area contributed by atoms with Crippen LogP contribution >= 0.6 is 0 Å². The summed E-state index contributed by atoms with van der Waals surface area (Å²) in [5, 5.41) is 0. The molecule has 0 bridgehead atoms. The van der Waals surface area contributed by atoms with Gasteiger partial charge in [-0.15, -0.1) is 0 Å². The van der Waals surface area contributed by atoms with Gasteiger partial charge in [0.2, 0.25) is 5.78 Å². The van der Waals surface area contributed by atoms with Crippen LogP contribution in [0.1, 0.15) is 48.0 Å². The Balaban J connectivity index is 1.47. The van der Waals surface area contributed by atoms with E-state index in [-0.39, 0.29) is 0 Å². The number of ketones is 1. The van der Waals surface area contributed by atoms with Gasteiger partial charge in [0.05, 0.1) is 13.7 Å². The predicted molar refractivity (Wildman–Crippen MR) is 117 cm³/mol. The average Bonchev–Trinajstić information content (AvgIpc) is 2.83. The molecule has 0 radical (unpaired) electrons. The van der Waals surface area contributed by atoms with E-state index in [1.807, 2.05) is 24.3 Å². The topological polar surface area (TPSA) is 72.9 Å². The Hall–Kier alpha value is -3.15. The molecule has 1 fully saturated rings. The number of esters is 1. The number of amides is 1. The Bertz CT molecular complexity index is 879. The van der Waals surface area contributed by atoms with Crippen molar-refractivity contribution in [1.29, 1.82) is 0 Å². The van der Waals surface area contributed by atoms with Crippen LogP contribution in [0.3, 0.4) is 0 Å². The van der Waals surface area contributed by atoms with Crippen LogP contribution in [0.4, 0.5) is 0 Å². The summed E-state index contributed by atoms with van der Waals surface area (Å²) in [5.74, 6) is -0.805. The molecule has 0 N–H and O–H groups in total. The van der Waals surface area contributed by atoms with Gasteiger partial charge in [-0.3, -0.25) is 9.59 Å². The summed E-state index contributed by atoms with van der Waals surface area (Å²) < 4.78 is 10.6. The number of likely N-dealkylation sites (tertiary alicyclic amines) is 1. The molecule has 2 aromatic carbocycles. The van der Waals surface area contributed by atoms with Gasteiger partial charge in [-0.25, -0.2) is 4.79 Å². The molecule has 1 aliphatic rings. The van der Waals surface area contributed by atoms with Gasteiger partial charge >= 0.3 is 5.97 Å². The lowest BCUT2D eigenvalue weighted by molar-refractivity contribution is -0.155. The number of rotatable bonds is 9. The van der Waals surface area contributed by atoms with Crippen LogP contribution in [-0.2, 0) is 20.7 Å². The van der Waals surface area contributed by atoms with E-state index in [4.69, 9.17) is 9.47 Å². The maximum Gasteiger partial charge on any atom is 0.328 e. The molecule has 0 aliphatic carbocycles. The molecule has 6 nitrogen and oxygen atoms in total. The third kappa shape index (κ3) is 6.17. The van der Waals surface area contributed by atoms with Crippen molar-refractivity contribution < 1.29 is 23.9 Å². The molecule has 1 atom stereocenters. The Morgan fingerprint density at radius 1 is 0.968 bits per heavy atom. The lowest BCUT2D eigenvalue weighted by Crippen LogP contribution is -2.51. The number of ether oxygens (including phenoxy) is 2. The first kappa shape index (κ1) is 22.5. The van der Waals surface area contributed by atoms with Crippen LogP contribution in [0.15, 0.2) is 54.6 Å². The molecule has 1 unspecified atom stereocenters. The lowest BCUT2D eigenvalue weighted by Gasteiger charge is -2.33.